The number of carbonyl (C=O) groups excluding carboxylic acids is 1. The number of hydrogen-bond acceptors (Lipinski definition) is 6. The average molecular weight is 610 g/mol. The normalized spacial score (nSPS) is 11.2. The van der Waals surface area contributed by atoms with Crippen molar-refractivity contribution in [2.45, 2.75) is 26.4 Å². The Balaban J connectivity index is 1.52. The minimum absolute atomic E-state index is 0.00632. The summed E-state index contributed by atoms with van der Waals surface area (Å²) in [7, 11) is -3.53. The molecule has 0 aromatic heterocycles. The highest BCUT2D eigenvalue weighted by Gasteiger charge is 2.17. The van der Waals surface area contributed by atoms with Crippen molar-refractivity contribution in [1.82, 2.24) is 5.32 Å². The fraction of sp³-hybridized carbons (Fsp3) is 0.219. The third kappa shape index (κ3) is 9.00. The molecule has 4 aromatic carbocycles. The maximum atomic E-state index is 14.7. The first kappa shape index (κ1) is 31.5. The van der Waals surface area contributed by atoms with Crippen LogP contribution in [-0.2, 0) is 23.1 Å². The molecule has 0 aliphatic carbocycles. The van der Waals surface area contributed by atoms with Gasteiger partial charge in [0.25, 0.3) is 5.91 Å². The molecule has 0 spiro atoms. The van der Waals surface area contributed by atoms with Gasteiger partial charge >= 0.3 is 0 Å². The third-order valence-corrected chi connectivity index (χ3v) is 7.18. The molecule has 0 atom stereocenters. The van der Waals surface area contributed by atoms with Gasteiger partial charge in [0.2, 0.25) is 10.0 Å². The van der Waals surface area contributed by atoms with E-state index in [0.717, 1.165) is 17.9 Å². The number of carbonyl (C=O) groups is 1. The zero-order valence-electron chi connectivity index (χ0n) is 23.8. The summed E-state index contributed by atoms with van der Waals surface area (Å²) in [4.78, 5) is 14.0. The quantitative estimate of drug-likeness (QED) is 0.167. The minimum Gasteiger partial charge on any atom is -0.457 e. The monoisotopic (exact) mass is 609 g/mol. The van der Waals surface area contributed by atoms with E-state index < -0.39 is 21.7 Å². The van der Waals surface area contributed by atoms with Crippen molar-refractivity contribution in [2.75, 3.05) is 29.0 Å². The second kappa shape index (κ2) is 14.1. The molecule has 0 aliphatic heterocycles. The average Bonchev–Trinajstić information content (AvgIpc) is 2.96. The van der Waals surface area contributed by atoms with E-state index in [1.807, 2.05) is 23.1 Å². The van der Waals surface area contributed by atoms with E-state index >= 15 is 0 Å². The minimum atomic E-state index is -3.53. The molecule has 1 amide bonds. The molecule has 4 aromatic rings. The van der Waals surface area contributed by atoms with Gasteiger partial charge in [-0.05, 0) is 79.1 Å². The van der Waals surface area contributed by atoms with E-state index in [1.165, 1.54) is 12.1 Å². The van der Waals surface area contributed by atoms with E-state index in [0.29, 0.717) is 53.5 Å². The van der Waals surface area contributed by atoms with Crippen molar-refractivity contribution < 1.29 is 31.8 Å². The number of halogens is 2. The number of amides is 1. The molecule has 0 saturated carbocycles. The lowest BCUT2D eigenvalue weighted by Gasteiger charge is -2.28. The molecule has 0 heterocycles. The molecule has 0 saturated heterocycles. The first-order valence-corrected chi connectivity index (χ1v) is 15.4. The van der Waals surface area contributed by atoms with Gasteiger partial charge in [0.05, 0.1) is 11.9 Å². The molecule has 0 bridgehead atoms. The fourth-order valence-corrected chi connectivity index (χ4v) is 5.06. The molecule has 43 heavy (non-hydrogen) atoms. The van der Waals surface area contributed by atoms with Crippen LogP contribution in [0.15, 0.2) is 84.9 Å². The van der Waals surface area contributed by atoms with Crippen LogP contribution in [0.3, 0.4) is 0 Å². The third-order valence-electron chi connectivity index (χ3n) is 6.59. The number of nitrogens with zero attached hydrogens (tertiary/aromatic N) is 1. The maximum absolute atomic E-state index is 14.7. The standard InChI is InChI=1S/C32H33F2N3O5S/c1-22-30(36-43(2,40)41)5-3-6-31(22)37(21-25-9-12-26(33)19-29(25)34)20-23-7-13-27(14-8-23)42-28-15-10-24(11-16-28)32(39)35-17-4-18-38/h3,5-16,19,36,38H,4,17-18,20-21H2,1-2H3,(H,35,39). The number of benzene rings is 4. The van der Waals surface area contributed by atoms with Gasteiger partial charge in [-0.15, -0.1) is 0 Å². The predicted molar refractivity (Wildman–Crippen MR) is 163 cm³/mol. The highest BCUT2D eigenvalue weighted by atomic mass is 32.2. The van der Waals surface area contributed by atoms with Crippen molar-refractivity contribution in [2.24, 2.45) is 0 Å². The number of nitrogens with one attached hydrogen (secondary N) is 2. The summed E-state index contributed by atoms with van der Waals surface area (Å²) in [5, 5.41) is 11.6. The Hall–Kier alpha value is -4.48. The number of hydrogen-bond donors (Lipinski definition) is 3. The number of sulfonamides is 1. The lowest BCUT2D eigenvalue weighted by atomic mass is 10.1. The Morgan fingerprint density at radius 1 is 0.930 bits per heavy atom. The van der Waals surface area contributed by atoms with Crippen molar-refractivity contribution in [3.8, 4) is 11.5 Å². The summed E-state index contributed by atoms with van der Waals surface area (Å²) >= 11 is 0. The molecular formula is C32H33F2N3O5S. The van der Waals surface area contributed by atoms with Crippen LogP contribution in [0.1, 0.15) is 33.5 Å². The van der Waals surface area contributed by atoms with E-state index in [1.54, 1.807) is 55.5 Å². The summed E-state index contributed by atoms with van der Waals surface area (Å²) in [5.74, 6) is -0.475. The first-order chi connectivity index (χ1) is 20.5. The molecule has 226 valence electrons. The van der Waals surface area contributed by atoms with Crippen LogP contribution in [-0.4, -0.2) is 38.8 Å². The lowest BCUT2D eigenvalue weighted by Crippen LogP contribution is -2.24. The molecule has 3 N–H and O–H groups in total. The van der Waals surface area contributed by atoms with Crippen LogP contribution in [0, 0.1) is 18.6 Å². The summed E-state index contributed by atoms with van der Waals surface area (Å²) in [6.07, 6.45) is 1.55. The summed E-state index contributed by atoms with van der Waals surface area (Å²) in [6.45, 7) is 2.61. The van der Waals surface area contributed by atoms with Gasteiger partial charge < -0.3 is 20.1 Å². The van der Waals surface area contributed by atoms with Crippen molar-refractivity contribution in [3.63, 3.8) is 0 Å². The van der Waals surface area contributed by atoms with Gasteiger partial charge in [-0.2, -0.15) is 0 Å². The molecule has 4 rings (SSSR count). The summed E-state index contributed by atoms with van der Waals surface area (Å²) in [6, 6.07) is 22.6. The highest BCUT2D eigenvalue weighted by molar-refractivity contribution is 7.92. The molecule has 0 fully saturated rings. The number of rotatable bonds is 13. The Morgan fingerprint density at radius 3 is 2.23 bits per heavy atom. The van der Waals surface area contributed by atoms with Gasteiger partial charge in [-0.1, -0.05) is 24.3 Å². The number of anilines is 2. The molecule has 8 nitrogen and oxygen atoms in total. The Bertz CT molecular complexity index is 1660. The molecule has 11 heteroatoms. The van der Waals surface area contributed by atoms with Gasteiger partial charge in [0, 0.05) is 49.1 Å². The van der Waals surface area contributed by atoms with Gasteiger partial charge in [-0.3, -0.25) is 9.52 Å². The summed E-state index contributed by atoms with van der Waals surface area (Å²) < 4.78 is 60.5. The van der Waals surface area contributed by atoms with Crippen LogP contribution >= 0.6 is 0 Å². The fourth-order valence-electron chi connectivity index (χ4n) is 4.43. The second-order valence-electron chi connectivity index (χ2n) is 10.0. The predicted octanol–water partition coefficient (Wildman–Crippen LogP) is 5.76. The zero-order valence-corrected chi connectivity index (χ0v) is 24.6. The second-order valence-corrected chi connectivity index (χ2v) is 11.8. The maximum Gasteiger partial charge on any atom is 0.251 e. The van der Waals surface area contributed by atoms with Crippen molar-refractivity contribution >= 4 is 27.3 Å². The Kier molecular flexibility index (Phi) is 10.3. The van der Waals surface area contributed by atoms with Gasteiger partial charge in [0.15, 0.2) is 0 Å². The highest BCUT2D eigenvalue weighted by Crippen LogP contribution is 2.31. The Morgan fingerprint density at radius 2 is 1.60 bits per heavy atom. The molecule has 0 aliphatic rings. The number of aliphatic hydroxyl groups excluding tert-OH is 1. The van der Waals surface area contributed by atoms with Crippen LogP contribution in [0.5, 0.6) is 11.5 Å². The Labute approximate surface area is 250 Å². The first-order valence-electron chi connectivity index (χ1n) is 13.5. The van der Waals surface area contributed by atoms with E-state index in [-0.39, 0.29) is 24.6 Å². The van der Waals surface area contributed by atoms with E-state index in [2.05, 4.69) is 10.0 Å². The largest absolute Gasteiger partial charge is 0.457 e. The number of ether oxygens (including phenoxy) is 1. The number of aliphatic hydroxyl groups is 1. The van der Waals surface area contributed by atoms with Crippen LogP contribution in [0.2, 0.25) is 0 Å². The zero-order chi connectivity index (χ0) is 31.0. The molecular weight excluding hydrogens is 576 g/mol. The van der Waals surface area contributed by atoms with Crippen LogP contribution in [0.4, 0.5) is 20.2 Å². The van der Waals surface area contributed by atoms with Gasteiger partial charge in [0.1, 0.15) is 23.1 Å². The van der Waals surface area contributed by atoms with Gasteiger partial charge in [-0.25, -0.2) is 17.2 Å². The molecule has 0 unspecified atom stereocenters. The van der Waals surface area contributed by atoms with E-state index in [4.69, 9.17) is 9.84 Å². The SMILES string of the molecule is Cc1c(NS(C)(=O)=O)cccc1N(Cc1ccc(Oc2ccc(C(=O)NCCCO)cc2)cc1)Cc1ccc(F)cc1F. The topological polar surface area (TPSA) is 108 Å². The van der Waals surface area contributed by atoms with Crippen molar-refractivity contribution in [1.29, 1.82) is 0 Å². The lowest BCUT2D eigenvalue weighted by molar-refractivity contribution is 0.0951. The smallest absolute Gasteiger partial charge is 0.251 e. The van der Waals surface area contributed by atoms with Crippen LogP contribution < -0.4 is 19.7 Å². The van der Waals surface area contributed by atoms with E-state index in [9.17, 15) is 22.0 Å². The summed E-state index contributed by atoms with van der Waals surface area (Å²) in [5.41, 5.74) is 3.36. The molecule has 0 radical (unpaired) electrons. The van der Waals surface area contributed by atoms with Crippen LogP contribution in [0.25, 0.3) is 0 Å². The van der Waals surface area contributed by atoms with Crippen molar-refractivity contribution in [3.05, 3.63) is 119 Å².